The van der Waals surface area contributed by atoms with Crippen LogP contribution in [0.3, 0.4) is 0 Å². The monoisotopic (exact) mass is 517 g/mol. The molecule has 2 amide bonds. The molecule has 4 rings (SSSR count). The zero-order chi connectivity index (χ0) is 26.2. The fourth-order valence-corrected chi connectivity index (χ4v) is 5.25. The first kappa shape index (κ1) is 26.6. The number of anilines is 1. The molecular weight excluding hydrogens is 485 g/mol. The minimum absolute atomic E-state index is 0.0943. The van der Waals surface area contributed by atoms with Crippen molar-refractivity contribution in [2.24, 2.45) is 0 Å². The van der Waals surface area contributed by atoms with E-state index in [2.05, 4.69) is 36.2 Å². The molecule has 37 heavy (non-hydrogen) atoms. The van der Waals surface area contributed by atoms with Gasteiger partial charge in [0.2, 0.25) is 5.91 Å². The van der Waals surface area contributed by atoms with Crippen LogP contribution in [-0.4, -0.2) is 42.4 Å². The summed E-state index contributed by atoms with van der Waals surface area (Å²) in [5, 5.41) is 2.97. The van der Waals surface area contributed by atoms with Crippen LogP contribution in [-0.2, 0) is 16.1 Å². The topological polar surface area (TPSA) is 52.7 Å². The Morgan fingerprint density at radius 2 is 1.73 bits per heavy atom. The van der Waals surface area contributed by atoms with Crippen molar-refractivity contribution in [2.75, 3.05) is 24.5 Å². The van der Waals surface area contributed by atoms with Gasteiger partial charge in [-0.1, -0.05) is 72.4 Å². The second kappa shape index (κ2) is 12.7. The number of rotatable bonds is 10. The first-order chi connectivity index (χ1) is 17.9. The van der Waals surface area contributed by atoms with E-state index in [-0.39, 0.29) is 18.4 Å². The van der Waals surface area contributed by atoms with Crippen molar-refractivity contribution in [1.29, 1.82) is 0 Å². The van der Waals surface area contributed by atoms with Crippen LogP contribution in [0, 0.1) is 5.82 Å². The van der Waals surface area contributed by atoms with Crippen LogP contribution < -0.4 is 10.2 Å². The van der Waals surface area contributed by atoms with Crippen molar-refractivity contribution in [3.63, 3.8) is 0 Å². The fourth-order valence-electron chi connectivity index (χ4n) is 4.20. The predicted molar refractivity (Wildman–Crippen MR) is 149 cm³/mol. The Balaban J connectivity index is 1.37. The zero-order valence-corrected chi connectivity index (χ0v) is 22.0. The molecule has 0 aromatic heterocycles. The van der Waals surface area contributed by atoms with Gasteiger partial charge in [0, 0.05) is 36.1 Å². The van der Waals surface area contributed by atoms with Crippen molar-refractivity contribution in [2.45, 2.75) is 37.8 Å². The molecule has 0 bridgehead atoms. The Hall–Kier alpha value is -3.42. The lowest BCUT2D eigenvalue weighted by atomic mass is 10.2. The van der Waals surface area contributed by atoms with E-state index < -0.39 is 5.82 Å². The van der Waals surface area contributed by atoms with Gasteiger partial charge in [0.1, 0.15) is 12.4 Å². The van der Waals surface area contributed by atoms with Crippen molar-refractivity contribution in [3.05, 3.63) is 101 Å². The summed E-state index contributed by atoms with van der Waals surface area (Å²) in [5.41, 5.74) is 2.29. The number of fused-ring (bicyclic) bond motifs is 1. The summed E-state index contributed by atoms with van der Waals surface area (Å²) < 4.78 is 14.2. The Morgan fingerprint density at radius 1 is 1.03 bits per heavy atom. The minimum atomic E-state index is -0.394. The molecule has 3 aromatic rings. The fraction of sp³-hybridized carbons (Fsp3) is 0.267. The summed E-state index contributed by atoms with van der Waals surface area (Å²) in [4.78, 5) is 31.3. The highest BCUT2D eigenvalue weighted by atomic mass is 32.2. The van der Waals surface area contributed by atoms with E-state index in [1.54, 1.807) is 24.3 Å². The number of nitrogens with zero attached hydrogens (tertiary/aromatic N) is 2. The van der Waals surface area contributed by atoms with Crippen molar-refractivity contribution in [3.8, 4) is 0 Å². The second-order valence-electron chi connectivity index (χ2n) is 9.24. The zero-order valence-electron chi connectivity index (χ0n) is 21.2. The van der Waals surface area contributed by atoms with Gasteiger partial charge in [0.15, 0.2) is 0 Å². The number of amides is 2. The molecule has 7 heteroatoms. The number of halogens is 1. The van der Waals surface area contributed by atoms with E-state index in [0.29, 0.717) is 28.7 Å². The Bertz CT molecular complexity index is 1260. The van der Waals surface area contributed by atoms with Gasteiger partial charge in [-0.15, -0.1) is 0 Å². The average molecular weight is 518 g/mol. The average Bonchev–Trinajstić information content (AvgIpc) is 2.90. The van der Waals surface area contributed by atoms with Crippen molar-refractivity contribution in [1.82, 2.24) is 10.2 Å². The summed E-state index contributed by atoms with van der Waals surface area (Å²) in [6.45, 7) is 6.48. The van der Waals surface area contributed by atoms with E-state index in [9.17, 15) is 14.0 Å². The molecule has 0 saturated heterocycles. The van der Waals surface area contributed by atoms with Crippen LogP contribution in [0.15, 0.2) is 88.7 Å². The first-order valence-corrected chi connectivity index (χ1v) is 13.3. The minimum Gasteiger partial charge on any atom is -0.355 e. The summed E-state index contributed by atoms with van der Waals surface area (Å²) >= 11 is 1.29. The molecule has 0 radical (unpaired) electrons. The maximum absolute atomic E-state index is 14.2. The summed E-state index contributed by atoms with van der Waals surface area (Å²) in [6.07, 6.45) is 2.35. The molecule has 0 unspecified atom stereocenters. The van der Waals surface area contributed by atoms with Crippen LogP contribution >= 0.6 is 11.8 Å². The number of carbonyl (C=O) groups is 2. The molecule has 0 aliphatic carbocycles. The van der Waals surface area contributed by atoms with Gasteiger partial charge in [0.25, 0.3) is 5.91 Å². The normalized spacial score (nSPS) is 14.4. The lowest BCUT2D eigenvalue weighted by molar-refractivity contribution is -0.122. The third kappa shape index (κ3) is 7.08. The van der Waals surface area contributed by atoms with Crippen LogP contribution in [0.4, 0.5) is 10.1 Å². The molecule has 0 fully saturated rings. The number of carbonyl (C=O) groups excluding carboxylic acids is 2. The van der Waals surface area contributed by atoms with E-state index in [4.69, 9.17) is 0 Å². The third-order valence-corrected chi connectivity index (χ3v) is 7.31. The van der Waals surface area contributed by atoms with Gasteiger partial charge in [-0.2, -0.15) is 0 Å². The van der Waals surface area contributed by atoms with Gasteiger partial charge in [-0.3, -0.25) is 19.4 Å². The van der Waals surface area contributed by atoms with Crippen LogP contribution in [0.5, 0.6) is 0 Å². The SMILES string of the molecule is CC(C)N(CCCNC(=O)CN1C(=O)C(=Cc2ccccc2F)Sc2ccccc21)Cc1ccccc1. The standard InChI is InChI=1S/C30H32FN3O2S/c1-22(2)33(20-23-11-4-3-5-12-23)18-10-17-32-29(35)21-34-26-15-8-9-16-27(26)37-28(30(34)36)19-24-13-6-7-14-25(24)31/h3-9,11-16,19,22H,10,17-18,20-21H2,1-2H3,(H,32,35). The number of nitrogens with one attached hydrogen (secondary N) is 1. The van der Waals surface area contributed by atoms with E-state index in [0.717, 1.165) is 24.4 Å². The molecule has 0 atom stereocenters. The number of thioether (sulfide) groups is 1. The van der Waals surface area contributed by atoms with Crippen LogP contribution in [0.25, 0.3) is 6.08 Å². The Kier molecular flexibility index (Phi) is 9.14. The highest BCUT2D eigenvalue weighted by molar-refractivity contribution is 8.04. The molecule has 1 aliphatic heterocycles. The first-order valence-electron chi connectivity index (χ1n) is 12.5. The van der Waals surface area contributed by atoms with Crippen molar-refractivity contribution < 1.29 is 14.0 Å². The Morgan fingerprint density at radius 3 is 2.49 bits per heavy atom. The van der Waals surface area contributed by atoms with Gasteiger partial charge in [-0.05, 0) is 50.1 Å². The van der Waals surface area contributed by atoms with Gasteiger partial charge in [-0.25, -0.2) is 4.39 Å². The van der Waals surface area contributed by atoms with Crippen LogP contribution in [0.2, 0.25) is 0 Å². The molecule has 0 spiro atoms. The number of hydrogen-bond donors (Lipinski definition) is 1. The summed E-state index contributed by atoms with van der Waals surface area (Å²) in [5.74, 6) is -0.926. The van der Waals surface area contributed by atoms with Gasteiger partial charge >= 0.3 is 0 Å². The molecule has 1 N–H and O–H groups in total. The maximum Gasteiger partial charge on any atom is 0.265 e. The smallest absolute Gasteiger partial charge is 0.265 e. The third-order valence-electron chi connectivity index (χ3n) is 6.23. The van der Waals surface area contributed by atoms with Crippen molar-refractivity contribution >= 4 is 35.3 Å². The molecule has 3 aromatic carbocycles. The maximum atomic E-state index is 14.2. The highest BCUT2D eigenvalue weighted by Crippen LogP contribution is 2.42. The number of hydrogen-bond acceptors (Lipinski definition) is 4. The summed E-state index contributed by atoms with van der Waals surface area (Å²) in [7, 11) is 0. The lowest BCUT2D eigenvalue weighted by Crippen LogP contribution is -2.43. The summed E-state index contributed by atoms with van der Waals surface area (Å²) in [6, 6.07) is 24.5. The van der Waals surface area contributed by atoms with Gasteiger partial charge < -0.3 is 5.32 Å². The van der Waals surface area contributed by atoms with Crippen LogP contribution in [0.1, 0.15) is 31.4 Å². The molecule has 1 aliphatic rings. The van der Waals surface area contributed by atoms with E-state index in [1.165, 1.54) is 28.3 Å². The molecule has 1 heterocycles. The number of benzene rings is 3. The molecule has 0 saturated carbocycles. The Labute approximate surface area is 222 Å². The highest BCUT2D eigenvalue weighted by Gasteiger charge is 2.30. The van der Waals surface area contributed by atoms with E-state index in [1.807, 2.05) is 42.5 Å². The largest absolute Gasteiger partial charge is 0.355 e. The second-order valence-corrected chi connectivity index (χ2v) is 10.3. The van der Waals surface area contributed by atoms with E-state index >= 15 is 0 Å². The molecule has 5 nitrogen and oxygen atoms in total. The molecule has 192 valence electrons. The quantitative estimate of drug-likeness (QED) is 0.276. The predicted octanol–water partition coefficient (Wildman–Crippen LogP) is 5.72. The number of para-hydroxylation sites is 1. The molecular formula is C30H32FN3O2S. The van der Waals surface area contributed by atoms with Gasteiger partial charge in [0.05, 0.1) is 10.6 Å². The lowest BCUT2D eigenvalue weighted by Gasteiger charge is -2.30.